The van der Waals surface area contributed by atoms with E-state index >= 15 is 0 Å². The minimum Gasteiger partial charge on any atom is -0.337 e. The molecule has 0 bridgehead atoms. The Morgan fingerprint density at radius 2 is 1.86 bits per heavy atom. The second-order valence-corrected chi connectivity index (χ2v) is 7.33. The first-order valence-electron chi connectivity index (χ1n) is 9.86. The van der Waals surface area contributed by atoms with Crippen molar-refractivity contribution in [3.05, 3.63) is 83.9 Å². The van der Waals surface area contributed by atoms with Crippen LogP contribution < -0.4 is 5.32 Å². The van der Waals surface area contributed by atoms with Crippen LogP contribution in [0.2, 0.25) is 0 Å². The molecular weight excluding hydrogens is 367 g/mol. The first-order chi connectivity index (χ1) is 14.2. The summed E-state index contributed by atoms with van der Waals surface area (Å²) in [5, 5.41) is 2.94. The molecule has 1 aliphatic rings. The van der Waals surface area contributed by atoms with Crippen LogP contribution in [0.1, 0.15) is 28.9 Å². The summed E-state index contributed by atoms with van der Waals surface area (Å²) in [6.07, 6.45) is 4.57. The van der Waals surface area contributed by atoms with Crippen molar-refractivity contribution >= 4 is 17.5 Å². The number of likely N-dealkylation sites (tertiary alicyclic amines) is 1. The number of amides is 1. The predicted molar refractivity (Wildman–Crippen MR) is 110 cm³/mol. The molecule has 6 heteroatoms. The van der Waals surface area contributed by atoms with Crippen LogP contribution in [0.4, 0.5) is 16.0 Å². The second kappa shape index (κ2) is 8.82. The standard InChI is InChI=1S/C23H23FN4O/c24-19-7-4-8-20(16-19)26-23-25-12-9-21(27-23)22(29)28-13-10-18(11-14-28)15-17-5-2-1-3-6-17/h1-9,12,16,18H,10-11,13-15H2,(H,25,26,27). The van der Waals surface area contributed by atoms with Gasteiger partial charge in [-0.1, -0.05) is 36.4 Å². The van der Waals surface area contributed by atoms with Gasteiger partial charge in [-0.2, -0.15) is 0 Å². The van der Waals surface area contributed by atoms with Crippen molar-refractivity contribution in [3.63, 3.8) is 0 Å². The van der Waals surface area contributed by atoms with Gasteiger partial charge in [-0.3, -0.25) is 4.79 Å². The fourth-order valence-corrected chi connectivity index (χ4v) is 3.68. The van der Waals surface area contributed by atoms with Crippen LogP contribution in [0.3, 0.4) is 0 Å². The molecular formula is C23H23FN4O. The second-order valence-electron chi connectivity index (χ2n) is 7.33. The van der Waals surface area contributed by atoms with Crippen LogP contribution in [0.25, 0.3) is 0 Å². The van der Waals surface area contributed by atoms with E-state index in [1.54, 1.807) is 24.4 Å². The van der Waals surface area contributed by atoms with Gasteiger partial charge in [0.2, 0.25) is 5.95 Å². The average molecular weight is 390 g/mol. The summed E-state index contributed by atoms with van der Waals surface area (Å²) in [6.45, 7) is 1.46. The van der Waals surface area contributed by atoms with Crippen LogP contribution in [0.15, 0.2) is 66.9 Å². The highest BCUT2D eigenvalue weighted by Gasteiger charge is 2.24. The number of anilines is 2. The zero-order valence-electron chi connectivity index (χ0n) is 16.1. The molecule has 2 heterocycles. The van der Waals surface area contributed by atoms with E-state index < -0.39 is 0 Å². The summed E-state index contributed by atoms with van der Waals surface area (Å²) in [4.78, 5) is 23.2. The molecule has 29 heavy (non-hydrogen) atoms. The molecule has 0 spiro atoms. The van der Waals surface area contributed by atoms with E-state index in [1.807, 2.05) is 11.0 Å². The number of carbonyl (C=O) groups is 1. The minimum atomic E-state index is -0.347. The number of aromatic nitrogens is 2. The molecule has 148 valence electrons. The summed E-state index contributed by atoms with van der Waals surface area (Å²) < 4.78 is 13.3. The molecule has 4 rings (SSSR count). The Morgan fingerprint density at radius 3 is 2.62 bits per heavy atom. The van der Waals surface area contributed by atoms with Crippen molar-refractivity contribution in [1.82, 2.24) is 14.9 Å². The molecule has 1 fully saturated rings. The van der Waals surface area contributed by atoms with Gasteiger partial charge in [0.15, 0.2) is 0 Å². The van der Waals surface area contributed by atoms with Gasteiger partial charge in [0, 0.05) is 25.0 Å². The van der Waals surface area contributed by atoms with E-state index in [1.165, 1.54) is 17.7 Å². The van der Waals surface area contributed by atoms with Gasteiger partial charge in [0.05, 0.1) is 0 Å². The Hall–Kier alpha value is -3.28. The maximum Gasteiger partial charge on any atom is 0.272 e. The van der Waals surface area contributed by atoms with E-state index in [4.69, 9.17) is 0 Å². The molecule has 2 aromatic carbocycles. The summed E-state index contributed by atoms with van der Waals surface area (Å²) >= 11 is 0. The van der Waals surface area contributed by atoms with E-state index in [0.717, 1.165) is 32.4 Å². The van der Waals surface area contributed by atoms with Crippen molar-refractivity contribution in [2.24, 2.45) is 5.92 Å². The molecule has 5 nitrogen and oxygen atoms in total. The van der Waals surface area contributed by atoms with E-state index in [9.17, 15) is 9.18 Å². The SMILES string of the molecule is O=C(c1ccnc(Nc2cccc(F)c2)n1)N1CCC(Cc2ccccc2)CC1. The summed E-state index contributed by atoms with van der Waals surface area (Å²) in [7, 11) is 0. The number of hydrogen-bond donors (Lipinski definition) is 1. The first kappa shape index (κ1) is 19.1. The third-order valence-electron chi connectivity index (χ3n) is 5.22. The van der Waals surface area contributed by atoms with Crippen LogP contribution in [0.5, 0.6) is 0 Å². The molecule has 0 atom stereocenters. The van der Waals surface area contributed by atoms with Crippen molar-refractivity contribution in [2.75, 3.05) is 18.4 Å². The monoisotopic (exact) mass is 390 g/mol. The highest BCUT2D eigenvalue weighted by Crippen LogP contribution is 2.23. The third-order valence-corrected chi connectivity index (χ3v) is 5.22. The number of nitrogens with zero attached hydrogens (tertiary/aromatic N) is 3. The van der Waals surface area contributed by atoms with Crippen LogP contribution in [-0.4, -0.2) is 33.9 Å². The third kappa shape index (κ3) is 4.96. The molecule has 1 saturated heterocycles. The van der Waals surface area contributed by atoms with Crippen LogP contribution in [0, 0.1) is 11.7 Å². The lowest BCUT2D eigenvalue weighted by molar-refractivity contribution is 0.0684. The number of carbonyl (C=O) groups excluding carboxylic acids is 1. The van der Waals surface area contributed by atoms with Crippen molar-refractivity contribution < 1.29 is 9.18 Å². The number of nitrogens with one attached hydrogen (secondary N) is 1. The molecule has 0 radical (unpaired) electrons. The lowest BCUT2D eigenvalue weighted by Gasteiger charge is -2.32. The lowest BCUT2D eigenvalue weighted by atomic mass is 9.90. The highest BCUT2D eigenvalue weighted by molar-refractivity contribution is 5.92. The molecule has 0 unspecified atom stereocenters. The minimum absolute atomic E-state index is 0.0900. The Bertz CT molecular complexity index is 971. The van der Waals surface area contributed by atoms with Crippen molar-refractivity contribution in [3.8, 4) is 0 Å². The normalized spacial score (nSPS) is 14.6. The smallest absolute Gasteiger partial charge is 0.272 e. The molecule has 1 aliphatic heterocycles. The maximum atomic E-state index is 13.3. The number of hydrogen-bond acceptors (Lipinski definition) is 4. The molecule has 1 N–H and O–H groups in total. The highest BCUT2D eigenvalue weighted by atomic mass is 19.1. The fourth-order valence-electron chi connectivity index (χ4n) is 3.68. The summed E-state index contributed by atoms with van der Waals surface area (Å²) in [6, 6.07) is 18.2. The van der Waals surface area contributed by atoms with Crippen LogP contribution in [-0.2, 0) is 6.42 Å². The van der Waals surface area contributed by atoms with Gasteiger partial charge in [-0.05, 0) is 55.0 Å². The Kier molecular flexibility index (Phi) is 5.79. The number of piperidine rings is 1. The predicted octanol–water partition coefficient (Wildman–Crippen LogP) is 4.45. The topological polar surface area (TPSA) is 58.1 Å². The number of benzene rings is 2. The van der Waals surface area contributed by atoms with Gasteiger partial charge < -0.3 is 10.2 Å². The van der Waals surface area contributed by atoms with Gasteiger partial charge in [-0.15, -0.1) is 0 Å². The Balaban J connectivity index is 1.36. The van der Waals surface area contributed by atoms with Gasteiger partial charge >= 0.3 is 0 Å². The number of rotatable bonds is 5. The average Bonchev–Trinajstić information content (AvgIpc) is 2.75. The molecule has 1 aromatic heterocycles. The maximum absolute atomic E-state index is 13.3. The van der Waals surface area contributed by atoms with Crippen molar-refractivity contribution in [2.45, 2.75) is 19.3 Å². The summed E-state index contributed by atoms with van der Waals surface area (Å²) in [5.74, 6) is 0.436. The van der Waals surface area contributed by atoms with Crippen molar-refractivity contribution in [1.29, 1.82) is 0 Å². The molecule has 1 amide bonds. The zero-order chi connectivity index (χ0) is 20.1. The quantitative estimate of drug-likeness (QED) is 0.699. The van der Waals surface area contributed by atoms with Gasteiger partial charge in [0.25, 0.3) is 5.91 Å². The zero-order valence-corrected chi connectivity index (χ0v) is 16.1. The molecule has 3 aromatic rings. The molecule has 0 saturated carbocycles. The lowest BCUT2D eigenvalue weighted by Crippen LogP contribution is -2.39. The van der Waals surface area contributed by atoms with E-state index in [0.29, 0.717) is 17.3 Å². The molecule has 0 aliphatic carbocycles. The van der Waals surface area contributed by atoms with E-state index in [2.05, 4.69) is 39.6 Å². The van der Waals surface area contributed by atoms with E-state index in [-0.39, 0.29) is 17.7 Å². The van der Waals surface area contributed by atoms with Gasteiger partial charge in [0.1, 0.15) is 11.5 Å². The Labute approximate surface area is 169 Å². The fraction of sp³-hybridized carbons (Fsp3) is 0.261. The Morgan fingerprint density at radius 1 is 1.07 bits per heavy atom. The number of halogens is 1. The summed E-state index contributed by atoms with van der Waals surface area (Å²) in [5.41, 5.74) is 2.23. The largest absolute Gasteiger partial charge is 0.337 e. The first-order valence-corrected chi connectivity index (χ1v) is 9.86. The van der Waals surface area contributed by atoms with Gasteiger partial charge in [-0.25, -0.2) is 14.4 Å². The van der Waals surface area contributed by atoms with Crippen LogP contribution >= 0.6 is 0 Å².